The van der Waals surface area contributed by atoms with Gasteiger partial charge in [0.1, 0.15) is 0 Å². The minimum Gasteiger partial charge on any atom is -0.127 e. The van der Waals surface area contributed by atoms with E-state index >= 15 is 0 Å². The Hall–Kier alpha value is 0.290. The Labute approximate surface area is 70.0 Å². The molecule has 1 atom stereocenters. The normalized spacial score (nSPS) is 13.5. The number of halogens is 1. The number of unbranched alkanes of at least 4 members (excludes halogenated alkanes) is 2. The van der Waals surface area contributed by atoms with Gasteiger partial charge in [0.25, 0.3) is 0 Å². The highest BCUT2D eigenvalue weighted by Gasteiger charge is 1.98. The molecule has 0 rings (SSSR count). The molecule has 10 heavy (non-hydrogen) atoms. The maximum absolute atomic E-state index is 5.61. The summed E-state index contributed by atoms with van der Waals surface area (Å²) in [5, 5.41) is 0. The summed E-state index contributed by atoms with van der Waals surface area (Å²) in [5.74, 6) is 1.66. The fourth-order valence-electron chi connectivity index (χ4n) is 1.07. The summed E-state index contributed by atoms with van der Waals surface area (Å²) < 4.78 is 0. The molecule has 1 unspecified atom stereocenters. The summed E-state index contributed by atoms with van der Waals surface area (Å²) in [7, 11) is 0. The van der Waals surface area contributed by atoms with E-state index in [0.717, 1.165) is 11.8 Å². The van der Waals surface area contributed by atoms with Gasteiger partial charge >= 0.3 is 0 Å². The quantitative estimate of drug-likeness (QED) is 0.412. The zero-order chi connectivity index (χ0) is 7.82. The molecule has 0 aromatic rings. The van der Waals surface area contributed by atoms with Gasteiger partial charge in [-0.05, 0) is 12.3 Å². The highest BCUT2D eigenvalue weighted by Crippen LogP contribution is 2.12. The molecule has 0 amide bonds. The van der Waals surface area contributed by atoms with Crippen molar-refractivity contribution >= 4 is 11.6 Å². The molecule has 0 aliphatic carbocycles. The molecular formula is C9H19Cl. The predicted molar refractivity (Wildman–Crippen MR) is 48.6 cm³/mol. The number of hydrogen-bond acceptors (Lipinski definition) is 0. The third kappa shape index (κ3) is 6.41. The zero-order valence-electron chi connectivity index (χ0n) is 7.20. The highest BCUT2D eigenvalue weighted by molar-refractivity contribution is 6.17. The van der Waals surface area contributed by atoms with E-state index in [1.165, 1.54) is 32.1 Å². The first kappa shape index (κ1) is 10.3. The van der Waals surface area contributed by atoms with Crippen LogP contribution in [0.5, 0.6) is 0 Å². The minimum atomic E-state index is 0.827. The van der Waals surface area contributed by atoms with Crippen molar-refractivity contribution in [3.63, 3.8) is 0 Å². The van der Waals surface area contributed by atoms with E-state index in [0.29, 0.717) is 0 Å². The Morgan fingerprint density at radius 1 is 1.20 bits per heavy atom. The third-order valence-electron chi connectivity index (χ3n) is 1.90. The first-order chi connectivity index (χ1) is 4.81. The lowest BCUT2D eigenvalue weighted by Gasteiger charge is -2.07. The molecule has 0 spiro atoms. The van der Waals surface area contributed by atoms with Gasteiger partial charge in [-0.25, -0.2) is 0 Å². The minimum absolute atomic E-state index is 0.827. The molecule has 0 saturated heterocycles. The van der Waals surface area contributed by atoms with E-state index in [1.807, 2.05) is 0 Å². The lowest BCUT2D eigenvalue weighted by atomic mass is 10.0. The molecular weight excluding hydrogens is 144 g/mol. The lowest BCUT2D eigenvalue weighted by molar-refractivity contribution is 0.484. The van der Waals surface area contributed by atoms with E-state index in [1.54, 1.807) is 0 Å². The molecule has 0 fully saturated rings. The number of rotatable bonds is 6. The van der Waals surface area contributed by atoms with Crippen LogP contribution in [0, 0.1) is 5.92 Å². The molecule has 0 aromatic carbocycles. The molecule has 0 nitrogen and oxygen atoms in total. The van der Waals surface area contributed by atoms with Gasteiger partial charge in [0.05, 0.1) is 0 Å². The van der Waals surface area contributed by atoms with Gasteiger partial charge in [0.2, 0.25) is 0 Å². The van der Waals surface area contributed by atoms with Crippen LogP contribution in [-0.2, 0) is 0 Å². The molecule has 0 N–H and O–H groups in total. The van der Waals surface area contributed by atoms with E-state index in [9.17, 15) is 0 Å². The van der Waals surface area contributed by atoms with Crippen LogP contribution in [0.4, 0.5) is 0 Å². The Balaban J connectivity index is 2.97. The maximum Gasteiger partial charge on any atom is 0.0225 e. The van der Waals surface area contributed by atoms with Crippen LogP contribution in [0.1, 0.15) is 46.0 Å². The van der Waals surface area contributed by atoms with Gasteiger partial charge in [-0.1, -0.05) is 39.5 Å². The Morgan fingerprint density at radius 2 is 1.90 bits per heavy atom. The molecule has 0 saturated carbocycles. The summed E-state index contributed by atoms with van der Waals surface area (Å²) in [6, 6.07) is 0. The van der Waals surface area contributed by atoms with Crippen molar-refractivity contribution in [2.45, 2.75) is 46.0 Å². The average Bonchev–Trinajstić information content (AvgIpc) is 1.89. The molecule has 0 aliphatic rings. The van der Waals surface area contributed by atoms with E-state index in [-0.39, 0.29) is 0 Å². The molecule has 0 radical (unpaired) electrons. The Morgan fingerprint density at radius 3 is 2.40 bits per heavy atom. The van der Waals surface area contributed by atoms with Gasteiger partial charge in [0, 0.05) is 5.88 Å². The van der Waals surface area contributed by atoms with Crippen molar-refractivity contribution in [2.75, 3.05) is 5.88 Å². The van der Waals surface area contributed by atoms with Crippen LogP contribution in [0.25, 0.3) is 0 Å². The van der Waals surface area contributed by atoms with Gasteiger partial charge in [0.15, 0.2) is 0 Å². The van der Waals surface area contributed by atoms with Crippen LogP contribution in [0.3, 0.4) is 0 Å². The lowest BCUT2D eigenvalue weighted by Crippen LogP contribution is -1.94. The average molecular weight is 163 g/mol. The van der Waals surface area contributed by atoms with E-state index < -0.39 is 0 Å². The van der Waals surface area contributed by atoms with Gasteiger partial charge in [-0.15, -0.1) is 11.6 Å². The fraction of sp³-hybridized carbons (Fsp3) is 1.00. The summed E-state index contributed by atoms with van der Waals surface area (Å²) in [4.78, 5) is 0. The molecule has 0 aliphatic heterocycles. The van der Waals surface area contributed by atoms with Crippen LogP contribution < -0.4 is 0 Å². The second kappa shape index (κ2) is 7.40. The monoisotopic (exact) mass is 162 g/mol. The maximum atomic E-state index is 5.61. The van der Waals surface area contributed by atoms with Crippen molar-refractivity contribution in [3.05, 3.63) is 0 Å². The summed E-state index contributed by atoms with van der Waals surface area (Å²) in [6.07, 6.45) is 6.64. The van der Waals surface area contributed by atoms with Crippen molar-refractivity contribution in [3.8, 4) is 0 Å². The molecule has 62 valence electrons. The van der Waals surface area contributed by atoms with Gasteiger partial charge in [-0.2, -0.15) is 0 Å². The SMILES string of the molecule is CCCCCC(C)CCCl. The zero-order valence-corrected chi connectivity index (χ0v) is 7.95. The predicted octanol–water partition coefficient (Wildman–Crippen LogP) is 3.83. The van der Waals surface area contributed by atoms with Crippen molar-refractivity contribution in [1.82, 2.24) is 0 Å². The highest BCUT2D eigenvalue weighted by atomic mass is 35.5. The standard InChI is InChI=1S/C9H19Cl/c1-3-4-5-6-9(2)7-8-10/h9H,3-8H2,1-2H3. The van der Waals surface area contributed by atoms with Gasteiger partial charge < -0.3 is 0 Å². The molecule has 0 heterocycles. The van der Waals surface area contributed by atoms with Gasteiger partial charge in [-0.3, -0.25) is 0 Å². The Bertz CT molecular complexity index is 61.7. The first-order valence-corrected chi connectivity index (χ1v) is 4.90. The van der Waals surface area contributed by atoms with Crippen LogP contribution in [-0.4, -0.2) is 5.88 Å². The number of hydrogen-bond donors (Lipinski definition) is 0. The topological polar surface area (TPSA) is 0 Å². The third-order valence-corrected chi connectivity index (χ3v) is 2.12. The second-order valence-corrected chi connectivity index (χ2v) is 3.46. The smallest absolute Gasteiger partial charge is 0.0225 e. The second-order valence-electron chi connectivity index (χ2n) is 3.08. The summed E-state index contributed by atoms with van der Waals surface area (Å²) in [6.45, 7) is 4.53. The van der Waals surface area contributed by atoms with E-state index in [2.05, 4.69) is 13.8 Å². The molecule has 1 heteroatoms. The molecule has 0 aromatic heterocycles. The largest absolute Gasteiger partial charge is 0.127 e. The van der Waals surface area contributed by atoms with Crippen molar-refractivity contribution < 1.29 is 0 Å². The first-order valence-electron chi connectivity index (χ1n) is 4.37. The van der Waals surface area contributed by atoms with Crippen molar-refractivity contribution in [1.29, 1.82) is 0 Å². The van der Waals surface area contributed by atoms with Crippen LogP contribution in [0.15, 0.2) is 0 Å². The van der Waals surface area contributed by atoms with Crippen LogP contribution >= 0.6 is 11.6 Å². The Kier molecular flexibility index (Phi) is 7.61. The van der Waals surface area contributed by atoms with Crippen LogP contribution in [0.2, 0.25) is 0 Å². The van der Waals surface area contributed by atoms with E-state index in [4.69, 9.17) is 11.6 Å². The van der Waals surface area contributed by atoms with Crippen molar-refractivity contribution in [2.24, 2.45) is 5.92 Å². The number of alkyl halides is 1. The fourth-order valence-corrected chi connectivity index (χ4v) is 1.45. The summed E-state index contributed by atoms with van der Waals surface area (Å²) >= 11 is 5.61. The molecule has 0 bridgehead atoms. The summed E-state index contributed by atoms with van der Waals surface area (Å²) in [5.41, 5.74) is 0.